The SMILES string of the molecule is CCOC1=C(OCC)C(=O)c2c(O)c(OCC)c(CC)c(O)c2C1=O. The van der Waals surface area contributed by atoms with Crippen molar-refractivity contribution in [3.05, 3.63) is 28.2 Å². The monoisotopic (exact) mass is 350 g/mol. The van der Waals surface area contributed by atoms with E-state index >= 15 is 0 Å². The number of phenolic OH excluding ortho intramolecular Hbond substituents is 2. The van der Waals surface area contributed by atoms with Gasteiger partial charge in [0.25, 0.3) is 0 Å². The Kier molecular flexibility index (Phi) is 5.56. The number of Topliss-reactive ketones (excluding diaryl/α,β-unsaturated/α-hetero) is 2. The number of carbonyl (C=O) groups excluding carboxylic acids is 2. The molecule has 0 fully saturated rings. The summed E-state index contributed by atoms with van der Waals surface area (Å²) in [6.45, 7) is 7.27. The van der Waals surface area contributed by atoms with Gasteiger partial charge < -0.3 is 24.4 Å². The Morgan fingerprint density at radius 2 is 1.16 bits per heavy atom. The van der Waals surface area contributed by atoms with Crippen molar-refractivity contribution in [2.24, 2.45) is 0 Å². The second kappa shape index (κ2) is 7.46. The number of aromatic hydroxyl groups is 2. The zero-order chi connectivity index (χ0) is 18.7. The molecule has 0 saturated carbocycles. The molecule has 0 radical (unpaired) electrons. The van der Waals surface area contributed by atoms with Crippen LogP contribution < -0.4 is 4.74 Å². The van der Waals surface area contributed by atoms with Crippen molar-refractivity contribution in [1.29, 1.82) is 0 Å². The van der Waals surface area contributed by atoms with Crippen LogP contribution >= 0.6 is 0 Å². The summed E-state index contributed by atoms with van der Waals surface area (Å²) in [7, 11) is 0. The van der Waals surface area contributed by atoms with Gasteiger partial charge in [-0.1, -0.05) is 6.92 Å². The minimum atomic E-state index is -0.726. The summed E-state index contributed by atoms with van der Waals surface area (Å²) in [5.41, 5.74) is -0.347. The highest BCUT2D eigenvalue weighted by atomic mass is 16.5. The predicted molar refractivity (Wildman–Crippen MR) is 89.3 cm³/mol. The van der Waals surface area contributed by atoms with Crippen LogP contribution in [0.1, 0.15) is 54.0 Å². The summed E-state index contributed by atoms with van der Waals surface area (Å²) in [4.78, 5) is 25.6. The number of hydrogen-bond donors (Lipinski definition) is 2. The first-order valence-corrected chi connectivity index (χ1v) is 8.27. The van der Waals surface area contributed by atoms with Crippen molar-refractivity contribution in [3.63, 3.8) is 0 Å². The van der Waals surface area contributed by atoms with Crippen LogP contribution in [0.15, 0.2) is 11.5 Å². The Hall–Kier alpha value is -2.70. The molecule has 7 heteroatoms. The van der Waals surface area contributed by atoms with E-state index in [0.717, 1.165) is 0 Å². The van der Waals surface area contributed by atoms with Crippen LogP contribution in [-0.4, -0.2) is 41.6 Å². The number of carbonyl (C=O) groups is 2. The van der Waals surface area contributed by atoms with Gasteiger partial charge in [0.2, 0.25) is 23.1 Å². The molecule has 136 valence electrons. The van der Waals surface area contributed by atoms with Gasteiger partial charge in [0.1, 0.15) is 5.75 Å². The second-order valence-corrected chi connectivity index (χ2v) is 5.22. The lowest BCUT2D eigenvalue weighted by Gasteiger charge is -2.24. The minimum Gasteiger partial charge on any atom is -0.507 e. The van der Waals surface area contributed by atoms with Gasteiger partial charge in [0.05, 0.1) is 30.9 Å². The average Bonchev–Trinajstić information content (AvgIpc) is 2.59. The molecule has 2 rings (SSSR count). The van der Waals surface area contributed by atoms with Crippen molar-refractivity contribution < 1.29 is 34.0 Å². The molecule has 0 amide bonds. The molecule has 0 saturated heterocycles. The van der Waals surface area contributed by atoms with Gasteiger partial charge in [-0.2, -0.15) is 0 Å². The standard InChI is InChI=1S/C18H22O7/c1-5-9-12(19)10-11(13(20)16(9)23-6-2)15(22)18(25-8-4)17(14(10)21)24-7-3/h19-20H,5-8H2,1-4H3. The molecule has 0 bridgehead atoms. The Morgan fingerprint density at radius 1 is 0.720 bits per heavy atom. The molecule has 1 aromatic rings. The highest BCUT2D eigenvalue weighted by Crippen LogP contribution is 2.47. The van der Waals surface area contributed by atoms with E-state index in [4.69, 9.17) is 14.2 Å². The van der Waals surface area contributed by atoms with Crippen molar-refractivity contribution in [3.8, 4) is 17.2 Å². The quantitative estimate of drug-likeness (QED) is 0.729. The highest BCUT2D eigenvalue weighted by Gasteiger charge is 2.41. The minimum absolute atomic E-state index is 0.00175. The van der Waals surface area contributed by atoms with Gasteiger partial charge in [-0.05, 0) is 27.2 Å². The molecule has 1 aliphatic carbocycles. The van der Waals surface area contributed by atoms with Gasteiger partial charge in [-0.3, -0.25) is 9.59 Å². The third kappa shape index (κ3) is 2.90. The van der Waals surface area contributed by atoms with Crippen LogP contribution in [0.5, 0.6) is 17.2 Å². The fourth-order valence-electron chi connectivity index (χ4n) is 2.81. The van der Waals surface area contributed by atoms with E-state index in [1.165, 1.54) is 0 Å². The van der Waals surface area contributed by atoms with Crippen LogP contribution in [0, 0.1) is 0 Å². The fraction of sp³-hybridized carbons (Fsp3) is 0.444. The van der Waals surface area contributed by atoms with E-state index in [-0.39, 0.29) is 59.5 Å². The van der Waals surface area contributed by atoms with E-state index < -0.39 is 17.3 Å². The highest BCUT2D eigenvalue weighted by molar-refractivity contribution is 6.28. The first-order valence-electron chi connectivity index (χ1n) is 8.27. The first kappa shape index (κ1) is 18.6. The Morgan fingerprint density at radius 3 is 1.56 bits per heavy atom. The summed E-state index contributed by atoms with van der Waals surface area (Å²) in [5, 5.41) is 21.1. The molecule has 0 spiro atoms. The van der Waals surface area contributed by atoms with E-state index in [1.807, 2.05) is 0 Å². The maximum absolute atomic E-state index is 12.8. The number of benzene rings is 1. The van der Waals surface area contributed by atoms with Crippen LogP contribution in [0.25, 0.3) is 0 Å². The number of rotatable bonds is 7. The molecule has 0 atom stereocenters. The molecule has 0 aliphatic heterocycles. The molecular formula is C18H22O7. The Bertz CT molecular complexity index is 747. The zero-order valence-corrected chi connectivity index (χ0v) is 14.8. The van der Waals surface area contributed by atoms with Gasteiger partial charge in [0, 0.05) is 5.56 Å². The van der Waals surface area contributed by atoms with Crippen LogP contribution in [0.2, 0.25) is 0 Å². The number of phenols is 2. The molecule has 0 aromatic heterocycles. The Labute approximate surface area is 145 Å². The molecule has 0 heterocycles. The molecule has 1 aliphatic rings. The van der Waals surface area contributed by atoms with E-state index in [9.17, 15) is 19.8 Å². The summed E-state index contributed by atoms with van der Waals surface area (Å²) in [6, 6.07) is 0. The normalized spacial score (nSPS) is 13.8. The van der Waals surface area contributed by atoms with Crippen LogP contribution in [0.4, 0.5) is 0 Å². The topological polar surface area (TPSA) is 102 Å². The maximum Gasteiger partial charge on any atom is 0.236 e. The number of ketones is 2. The van der Waals surface area contributed by atoms with Crippen molar-refractivity contribution in [2.45, 2.75) is 34.1 Å². The lowest BCUT2D eigenvalue weighted by molar-refractivity contribution is 0.0765. The molecule has 7 nitrogen and oxygen atoms in total. The zero-order valence-electron chi connectivity index (χ0n) is 14.8. The summed E-state index contributed by atoms with van der Waals surface area (Å²) >= 11 is 0. The second-order valence-electron chi connectivity index (χ2n) is 5.22. The van der Waals surface area contributed by atoms with Crippen molar-refractivity contribution in [2.75, 3.05) is 19.8 Å². The van der Waals surface area contributed by atoms with Gasteiger partial charge in [0.15, 0.2) is 11.5 Å². The Balaban J connectivity index is 2.82. The molecule has 25 heavy (non-hydrogen) atoms. The molecular weight excluding hydrogens is 328 g/mol. The van der Waals surface area contributed by atoms with Crippen molar-refractivity contribution >= 4 is 11.6 Å². The maximum atomic E-state index is 12.8. The molecule has 0 unspecified atom stereocenters. The van der Waals surface area contributed by atoms with E-state index in [2.05, 4.69) is 0 Å². The first-order chi connectivity index (χ1) is 11.9. The number of ether oxygens (including phenoxy) is 3. The lowest BCUT2D eigenvalue weighted by atomic mass is 9.87. The largest absolute Gasteiger partial charge is 0.507 e. The van der Waals surface area contributed by atoms with Gasteiger partial charge in [-0.15, -0.1) is 0 Å². The van der Waals surface area contributed by atoms with Crippen LogP contribution in [0.3, 0.4) is 0 Å². The fourth-order valence-corrected chi connectivity index (χ4v) is 2.81. The van der Waals surface area contributed by atoms with Gasteiger partial charge >= 0.3 is 0 Å². The summed E-state index contributed by atoms with van der Waals surface area (Å²) < 4.78 is 16.0. The number of fused-ring (bicyclic) bond motifs is 1. The van der Waals surface area contributed by atoms with E-state index in [1.54, 1.807) is 27.7 Å². The smallest absolute Gasteiger partial charge is 0.236 e. The van der Waals surface area contributed by atoms with E-state index in [0.29, 0.717) is 6.42 Å². The third-order valence-electron chi connectivity index (χ3n) is 3.79. The third-order valence-corrected chi connectivity index (χ3v) is 3.79. The average molecular weight is 350 g/mol. The number of hydrogen-bond acceptors (Lipinski definition) is 7. The van der Waals surface area contributed by atoms with Crippen molar-refractivity contribution in [1.82, 2.24) is 0 Å². The van der Waals surface area contributed by atoms with Crippen LogP contribution in [-0.2, 0) is 15.9 Å². The summed E-state index contributed by atoms with van der Waals surface area (Å²) in [6.07, 6.45) is 0.301. The molecule has 1 aromatic carbocycles. The molecule has 2 N–H and O–H groups in total. The summed E-state index contributed by atoms with van der Waals surface area (Å²) in [5.74, 6) is -2.83. The number of allylic oxidation sites excluding steroid dienone is 2. The lowest BCUT2D eigenvalue weighted by Crippen LogP contribution is -2.26. The van der Waals surface area contributed by atoms with Gasteiger partial charge in [-0.25, -0.2) is 0 Å². The predicted octanol–water partition coefficient (Wildman–Crippen LogP) is 2.72.